The highest BCUT2D eigenvalue weighted by molar-refractivity contribution is 6.18. The number of hydrogen-bond donors (Lipinski definition) is 0. The summed E-state index contributed by atoms with van der Waals surface area (Å²) in [4.78, 5) is 0. The van der Waals surface area contributed by atoms with Crippen LogP contribution in [0.4, 0.5) is 0 Å². The van der Waals surface area contributed by atoms with E-state index in [1.807, 2.05) is 0 Å². The first-order valence-electron chi connectivity index (χ1n) is 6.57. The smallest absolute Gasteiger partial charge is 0.149 e. The molecule has 0 aromatic heterocycles. The number of ether oxygens (including phenoxy) is 3. The summed E-state index contributed by atoms with van der Waals surface area (Å²) in [5.74, 6) is 1.33. The van der Waals surface area contributed by atoms with Crippen molar-refractivity contribution in [3.63, 3.8) is 0 Å². The fraction of sp³-hybridized carbons (Fsp3) is 0.714. The molecule has 0 unspecified atom stereocenters. The number of hydrogen-bond acceptors (Lipinski definition) is 3. The number of rotatable bonds is 14. The molecule has 0 saturated heterocycles. The summed E-state index contributed by atoms with van der Waals surface area (Å²) in [5, 5.41) is 0. The van der Waals surface area contributed by atoms with E-state index in [1.54, 1.807) is 0 Å². The lowest BCUT2D eigenvalue weighted by Crippen LogP contribution is -2.05. The molecule has 0 bridgehead atoms. The lowest BCUT2D eigenvalue weighted by Gasteiger charge is -2.05. The van der Waals surface area contributed by atoms with Crippen LogP contribution in [-0.4, -0.2) is 38.6 Å². The van der Waals surface area contributed by atoms with Gasteiger partial charge in [-0.3, -0.25) is 0 Å². The predicted molar refractivity (Wildman–Crippen MR) is 80.9 cm³/mol. The van der Waals surface area contributed by atoms with Gasteiger partial charge in [0.25, 0.3) is 0 Å². The Morgan fingerprint density at radius 2 is 1.00 bits per heavy atom. The van der Waals surface area contributed by atoms with E-state index in [0.717, 1.165) is 25.7 Å². The summed E-state index contributed by atoms with van der Waals surface area (Å²) in [6, 6.07) is 0. The normalized spacial score (nSPS) is 11.9. The molecule has 0 aliphatic heterocycles. The van der Waals surface area contributed by atoms with E-state index < -0.39 is 0 Å². The molecule has 0 aliphatic rings. The third-order valence-corrected chi connectivity index (χ3v) is 2.51. The molecule has 0 aromatic rings. The van der Waals surface area contributed by atoms with E-state index in [1.165, 1.54) is 0 Å². The van der Waals surface area contributed by atoms with Gasteiger partial charge in [-0.2, -0.15) is 0 Å². The van der Waals surface area contributed by atoms with Gasteiger partial charge >= 0.3 is 0 Å². The largest absolute Gasteiger partial charge is 0.355 e. The van der Waals surface area contributed by atoms with E-state index in [0.29, 0.717) is 25.0 Å². The monoisotopic (exact) mass is 310 g/mol. The number of halogens is 2. The van der Waals surface area contributed by atoms with Gasteiger partial charge in [-0.25, -0.2) is 0 Å². The Hall–Kier alpha value is -0.0600. The highest BCUT2D eigenvalue weighted by Crippen LogP contribution is 1.93. The first-order valence-corrected chi connectivity index (χ1v) is 7.64. The molecule has 0 saturated carbocycles. The summed E-state index contributed by atoms with van der Waals surface area (Å²) < 4.78 is 15.7. The average molecular weight is 311 g/mol. The molecule has 3 nitrogen and oxygen atoms in total. The molecular weight excluding hydrogens is 287 g/mol. The van der Waals surface area contributed by atoms with Crippen molar-refractivity contribution in [1.29, 1.82) is 0 Å². The molecular formula is C14H24Cl2O3. The van der Waals surface area contributed by atoms with Crippen molar-refractivity contribution < 1.29 is 14.2 Å². The summed E-state index contributed by atoms with van der Waals surface area (Å²) in [5.41, 5.74) is 0. The van der Waals surface area contributed by atoms with Crippen molar-refractivity contribution in [1.82, 2.24) is 0 Å². The summed E-state index contributed by atoms with van der Waals surface area (Å²) in [6.07, 6.45) is 11.8. The van der Waals surface area contributed by atoms with Crippen molar-refractivity contribution in [3.05, 3.63) is 24.3 Å². The molecule has 0 radical (unpaired) electrons. The summed E-state index contributed by atoms with van der Waals surface area (Å²) in [7, 11) is 0. The quantitative estimate of drug-likeness (QED) is 0.209. The maximum Gasteiger partial charge on any atom is 0.149 e. The molecule has 0 aromatic carbocycles. The molecule has 0 N–H and O–H groups in total. The van der Waals surface area contributed by atoms with Gasteiger partial charge in [-0.15, -0.1) is 23.2 Å². The Labute approximate surface area is 126 Å². The van der Waals surface area contributed by atoms with Crippen molar-refractivity contribution in [2.75, 3.05) is 38.6 Å². The molecule has 0 aliphatic carbocycles. The van der Waals surface area contributed by atoms with Gasteiger partial charge in [0, 0.05) is 11.8 Å². The second kappa shape index (κ2) is 17.9. The van der Waals surface area contributed by atoms with E-state index in [2.05, 4.69) is 24.3 Å². The molecule has 0 fully saturated rings. The Morgan fingerprint density at radius 3 is 1.42 bits per heavy atom. The Kier molecular flexibility index (Phi) is 17.9. The van der Waals surface area contributed by atoms with Gasteiger partial charge in [0.1, 0.15) is 13.6 Å². The van der Waals surface area contributed by atoms with Crippen LogP contribution in [0.2, 0.25) is 0 Å². The van der Waals surface area contributed by atoms with Crippen LogP contribution in [0.5, 0.6) is 0 Å². The molecule has 0 amide bonds. The van der Waals surface area contributed by atoms with Gasteiger partial charge in [0.05, 0.1) is 13.2 Å². The van der Waals surface area contributed by atoms with Crippen LogP contribution in [0.15, 0.2) is 24.3 Å². The van der Waals surface area contributed by atoms with Gasteiger partial charge in [-0.1, -0.05) is 24.3 Å². The zero-order chi connectivity index (χ0) is 14.0. The predicted octanol–water partition coefficient (Wildman–Crippen LogP) is 4.10. The maximum atomic E-state index is 5.53. The van der Waals surface area contributed by atoms with E-state index in [9.17, 15) is 0 Å². The molecule has 0 heterocycles. The number of alkyl halides is 2. The average Bonchev–Trinajstić information content (AvgIpc) is 2.43. The van der Waals surface area contributed by atoms with Crippen LogP contribution >= 0.6 is 23.2 Å². The van der Waals surface area contributed by atoms with Crippen LogP contribution in [0.3, 0.4) is 0 Å². The highest BCUT2D eigenvalue weighted by atomic mass is 35.5. The fourth-order valence-corrected chi connectivity index (χ4v) is 1.42. The standard InChI is InChI=1S/C14H24Cl2O3/c15-9-5-1-3-7-11-17-13-19-14-18-12-8-4-2-6-10-16/h1-4H,5-14H2/b3-1+,4-2+. The van der Waals surface area contributed by atoms with E-state index in [4.69, 9.17) is 37.4 Å². The highest BCUT2D eigenvalue weighted by Gasteiger charge is 1.88. The van der Waals surface area contributed by atoms with Crippen LogP contribution < -0.4 is 0 Å². The molecule has 0 atom stereocenters. The van der Waals surface area contributed by atoms with Gasteiger partial charge < -0.3 is 14.2 Å². The van der Waals surface area contributed by atoms with Crippen LogP contribution in [0.25, 0.3) is 0 Å². The Bertz CT molecular complexity index is 199. The molecule has 0 rings (SSSR count). The topological polar surface area (TPSA) is 27.7 Å². The van der Waals surface area contributed by atoms with E-state index in [-0.39, 0.29) is 13.6 Å². The van der Waals surface area contributed by atoms with E-state index >= 15 is 0 Å². The molecule has 112 valence electrons. The molecule has 5 heteroatoms. The van der Waals surface area contributed by atoms with Crippen molar-refractivity contribution >= 4 is 23.2 Å². The second-order valence-corrected chi connectivity index (χ2v) is 4.49. The zero-order valence-electron chi connectivity index (χ0n) is 11.4. The summed E-state index contributed by atoms with van der Waals surface area (Å²) in [6.45, 7) is 1.84. The molecule has 19 heavy (non-hydrogen) atoms. The van der Waals surface area contributed by atoms with Crippen LogP contribution in [-0.2, 0) is 14.2 Å². The van der Waals surface area contributed by atoms with Crippen molar-refractivity contribution in [2.45, 2.75) is 25.7 Å². The van der Waals surface area contributed by atoms with Gasteiger partial charge in [-0.05, 0) is 25.7 Å². The number of allylic oxidation sites excluding steroid dienone is 2. The van der Waals surface area contributed by atoms with Crippen LogP contribution in [0.1, 0.15) is 25.7 Å². The fourth-order valence-electron chi connectivity index (χ4n) is 1.17. The first-order chi connectivity index (χ1) is 9.41. The molecule has 0 spiro atoms. The van der Waals surface area contributed by atoms with Gasteiger partial charge in [0.15, 0.2) is 0 Å². The third kappa shape index (κ3) is 17.9. The van der Waals surface area contributed by atoms with Crippen molar-refractivity contribution in [3.8, 4) is 0 Å². The zero-order valence-corrected chi connectivity index (χ0v) is 12.9. The van der Waals surface area contributed by atoms with Gasteiger partial charge in [0.2, 0.25) is 0 Å². The Balaban J connectivity index is 3.02. The van der Waals surface area contributed by atoms with Crippen LogP contribution in [0, 0.1) is 0 Å². The Morgan fingerprint density at radius 1 is 0.579 bits per heavy atom. The van der Waals surface area contributed by atoms with Crippen molar-refractivity contribution in [2.24, 2.45) is 0 Å². The first kappa shape index (κ1) is 18.9. The minimum Gasteiger partial charge on any atom is -0.355 e. The lowest BCUT2D eigenvalue weighted by molar-refractivity contribution is -0.129. The summed E-state index contributed by atoms with van der Waals surface area (Å²) >= 11 is 11.1. The maximum absolute atomic E-state index is 5.53. The third-order valence-electron chi connectivity index (χ3n) is 2.08. The lowest BCUT2D eigenvalue weighted by atomic mass is 10.3. The SMILES string of the molecule is ClCC/C=C/CCOCOCOCC/C=C/CCCl. The minimum absolute atomic E-state index is 0.269. The second-order valence-electron chi connectivity index (χ2n) is 3.73. The minimum atomic E-state index is 0.269.